The Balaban J connectivity index is 0.000000169. The van der Waals surface area contributed by atoms with Crippen LogP contribution in [0.15, 0.2) is 0 Å². The number of rotatable bonds is 12. The zero-order chi connectivity index (χ0) is 74.7. The Morgan fingerprint density at radius 2 is 0.752 bits per heavy atom. The van der Waals surface area contributed by atoms with E-state index in [0.717, 1.165) is 96.5 Å². The van der Waals surface area contributed by atoms with E-state index in [2.05, 4.69) is 55.4 Å². The molecule has 8 aliphatic carbocycles. The van der Waals surface area contributed by atoms with Crippen molar-refractivity contribution in [3.8, 4) is 0 Å². The molecule has 0 bridgehead atoms. The van der Waals surface area contributed by atoms with Gasteiger partial charge in [-0.1, -0.05) is 55.4 Å². The molecule has 0 aromatic rings. The molecule has 16 fully saturated rings. The molecule has 8 heterocycles. The van der Waals surface area contributed by atoms with Crippen LogP contribution in [0, 0.1) is 105 Å². The van der Waals surface area contributed by atoms with Crippen molar-refractivity contribution in [2.45, 2.75) is 342 Å². The standard InChI is InChI=1S/C39H64O14.C39H64O13/c1-17-7-12-39(48-16-17)18(2)25-33(53-39)29(44)26-21-6-5-19-13-20(8-10-37(19,3)22(21)9-11-38(25,26)4)49-36-34(31(46)28(43)24(15-41)51-36)52-35-32(47)30(45)27(42)23(14-40)50-35;1-18-7-12-39(47-17-18)19(2)28-25(52-39)14-24-22-6-5-20-13-21(8-10-37(20,3)23(22)9-11-38(24,28)4)48-36-34(32(45)30(43)27(16-41)50-36)51-35-33(46)31(44)29(42)26(15-40)49-35/h17-36,40-47H,5-16H2,1-4H3;18-36,40-46H,5-17H2,1-4H3/t17-,18?,19+,20?,21?,22?,23+,24+,25?,26?,27+,28-,29?,30-,31-,32+,33?,34+,35-,36+,37-,38+,39+;18-,19?,20+,21?,22?,23?,24?,25?,26+,27+,28?,29+,30-,31-,32-,33+,34+,35-,36+,37-,38-,39+/m00/s1. The van der Waals surface area contributed by atoms with Crippen molar-refractivity contribution in [3.63, 3.8) is 0 Å². The van der Waals surface area contributed by atoms with Gasteiger partial charge in [-0.25, -0.2) is 0 Å². The second kappa shape index (κ2) is 30.0. The Kier molecular flexibility index (Phi) is 22.6. The van der Waals surface area contributed by atoms with Crippen molar-refractivity contribution in [1.82, 2.24) is 0 Å². The minimum Gasteiger partial charge on any atom is -0.394 e. The maximum Gasteiger partial charge on any atom is 0.187 e. The minimum atomic E-state index is -1.73. The monoisotopic (exact) mass is 1500 g/mol. The molecule has 8 saturated carbocycles. The Labute approximate surface area is 617 Å². The summed E-state index contributed by atoms with van der Waals surface area (Å²) in [6.45, 7) is 18.2. The van der Waals surface area contributed by atoms with Gasteiger partial charge in [0.15, 0.2) is 36.7 Å². The molecule has 105 heavy (non-hydrogen) atoms. The molecule has 8 saturated heterocycles. The molecule has 8 aliphatic heterocycles. The van der Waals surface area contributed by atoms with Gasteiger partial charge < -0.3 is 133 Å². The maximum absolute atomic E-state index is 12.1. The third kappa shape index (κ3) is 13.1. The first kappa shape index (κ1) is 79.2. The fourth-order valence-corrected chi connectivity index (χ4v) is 26.4. The van der Waals surface area contributed by atoms with Gasteiger partial charge >= 0.3 is 0 Å². The van der Waals surface area contributed by atoms with Gasteiger partial charge in [0.25, 0.3) is 0 Å². The minimum absolute atomic E-state index is 0.0208. The molecule has 27 heteroatoms. The summed E-state index contributed by atoms with van der Waals surface area (Å²) in [4.78, 5) is 0. The average molecular weight is 1500 g/mol. The van der Waals surface area contributed by atoms with Crippen LogP contribution in [-0.4, -0.2) is 281 Å². The smallest absolute Gasteiger partial charge is 0.187 e. The van der Waals surface area contributed by atoms with Crippen molar-refractivity contribution in [1.29, 1.82) is 0 Å². The highest BCUT2D eigenvalue weighted by Gasteiger charge is 2.74. The van der Waals surface area contributed by atoms with Gasteiger partial charge in [0.2, 0.25) is 0 Å². The number of aliphatic hydroxyl groups is 15. The molecule has 15 N–H and O–H groups in total. The van der Waals surface area contributed by atoms with E-state index in [0.29, 0.717) is 78.1 Å². The molecule has 16 aliphatic rings. The van der Waals surface area contributed by atoms with Gasteiger partial charge in [-0.15, -0.1) is 0 Å². The van der Waals surface area contributed by atoms with Crippen LogP contribution >= 0.6 is 0 Å². The van der Waals surface area contributed by atoms with Gasteiger partial charge in [0.05, 0.1) is 70.2 Å². The largest absolute Gasteiger partial charge is 0.394 e. The van der Waals surface area contributed by atoms with Crippen LogP contribution in [0.2, 0.25) is 0 Å². The second-order valence-electron chi connectivity index (χ2n) is 37.5. The topological polar surface area (TPSA) is 414 Å². The number of aliphatic hydroxyl groups excluding tert-OH is 15. The fraction of sp³-hybridized carbons (Fsp3) is 1.00. The van der Waals surface area contributed by atoms with Crippen molar-refractivity contribution >= 4 is 0 Å². The van der Waals surface area contributed by atoms with E-state index in [-0.39, 0.29) is 63.8 Å². The Morgan fingerprint density at radius 3 is 1.21 bits per heavy atom. The lowest BCUT2D eigenvalue weighted by molar-refractivity contribution is -0.373. The Bertz CT molecular complexity index is 2940. The summed E-state index contributed by atoms with van der Waals surface area (Å²) in [7, 11) is 0. The van der Waals surface area contributed by atoms with E-state index in [9.17, 15) is 76.6 Å². The zero-order valence-corrected chi connectivity index (χ0v) is 62.8. The van der Waals surface area contributed by atoms with Crippen LogP contribution in [0.3, 0.4) is 0 Å². The van der Waals surface area contributed by atoms with E-state index < -0.39 is 167 Å². The van der Waals surface area contributed by atoms with Crippen LogP contribution in [0.4, 0.5) is 0 Å². The van der Waals surface area contributed by atoms with Crippen molar-refractivity contribution in [2.75, 3.05) is 39.6 Å². The summed E-state index contributed by atoms with van der Waals surface area (Å²) in [5.41, 5.74) is 0.447. The first-order valence-corrected chi connectivity index (χ1v) is 40.7. The normalized spacial score (nSPS) is 59.3. The Morgan fingerprint density at radius 1 is 0.343 bits per heavy atom. The second-order valence-corrected chi connectivity index (χ2v) is 37.5. The molecular formula is C78H128O27. The van der Waals surface area contributed by atoms with Gasteiger partial charge in [-0.3, -0.25) is 0 Å². The molecule has 602 valence electrons. The summed E-state index contributed by atoms with van der Waals surface area (Å²) in [5, 5.41) is 157. The maximum atomic E-state index is 12.1. The lowest BCUT2D eigenvalue weighted by Crippen LogP contribution is -2.65. The van der Waals surface area contributed by atoms with E-state index in [1.54, 1.807) is 0 Å². The molecule has 45 atom stereocenters. The van der Waals surface area contributed by atoms with Crippen molar-refractivity contribution in [2.24, 2.45) is 105 Å². The number of hydrogen-bond acceptors (Lipinski definition) is 27. The predicted molar refractivity (Wildman–Crippen MR) is 367 cm³/mol. The average Bonchev–Trinajstić information content (AvgIpc) is 1.56. The first-order valence-electron chi connectivity index (χ1n) is 40.7. The summed E-state index contributed by atoms with van der Waals surface area (Å²) >= 11 is 0. The summed E-state index contributed by atoms with van der Waals surface area (Å²) < 4.78 is 74.8. The van der Waals surface area contributed by atoms with E-state index in [1.165, 1.54) is 25.7 Å². The highest BCUT2D eigenvalue weighted by atomic mass is 16.8. The summed E-state index contributed by atoms with van der Waals surface area (Å²) in [6, 6.07) is 0. The number of ether oxygens (including phenoxy) is 12. The van der Waals surface area contributed by atoms with Gasteiger partial charge in [0.1, 0.15) is 97.7 Å². The molecule has 0 aromatic carbocycles. The molecule has 27 nitrogen and oxygen atoms in total. The third-order valence-corrected chi connectivity index (χ3v) is 32.4. The molecule has 0 amide bonds. The van der Waals surface area contributed by atoms with E-state index in [1.807, 2.05) is 0 Å². The Hall–Kier alpha value is -1.08. The van der Waals surface area contributed by atoms with Gasteiger partial charge in [-0.2, -0.15) is 0 Å². The van der Waals surface area contributed by atoms with Crippen LogP contribution in [0.1, 0.15) is 177 Å². The SMILES string of the molecule is CC1C2C(CC3C4CC[C@@H]5CC(O[C@@H]6O[C@H](CO)[C@H](O)[C@H](O)[C@H]6O[C@@H]6O[C@H](CO)[C@@H](O)[C@H](O)[C@H]6O)CC[C@]5(C)C4CC[C@@]32C)O[C@]12CC[C@H](C)CO2.CC1C2C(O[C@]13CC[C@H](C)CO3)C(O)C1C3CC[C@@H]4CC(O[C@@H]5O[C@H](CO)[C@H](O)[C@H](O)[C@H]5O[C@@H]5O[C@H](CO)[C@@H](O)[C@H](O)[C@H]5O)CC[C@]4(C)C3CC[C@@]12C. The lowest BCUT2D eigenvalue weighted by Gasteiger charge is -2.61. The first-order chi connectivity index (χ1) is 49.9. The van der Waals surface area contributed by atoms with Crippen molar-refractivity contribution in [3.05, 3.63) is 0 Å². The van der Waals surface area contributed by atoms with Crippen LogP contribution in [0.25, 0.3) is 0 Å². The molecular weight excluding hydrogens is 1370 g/mol. The van der Waals surface area contributed by atoms with E-state index in [4.69, 9.17) is 56.8 Å². The quantitative estimate of drug-likeness (QED) is 0.124. The van der Waals surface area contributed by atoms with Gasteiger partial charge in [0, 0.05) is 30.6 Å². The highest BCUT2D eigenvalue weighted by molar-refractivity contribution is 5.20. The van der Waals surface area contributed by atoms with Crippen LogP contribution in [0.5, 0.6) is 0 Å². The number of fused-ring (bicyclic) bond motifs is 14. The molecule has 2 spiro atoms. The highest BCUT2D eigenvalue weighted by Crippen LogP contribution is 2.74. The molecule has 0 aromatic heterocycles. The van der Waals surface area contributed by atoms with Gasteiger partial charge in [-0.05, 0) is 196 Å². The predicted octanol–water partition coefficient (Wildman–Crippen LogP) is 1.86. The van der Waals surface area contributed by atoms with E-state index >= 15 is 0 Å². The summed E-state index contributed by atoms with van der Waals surface area (Å²) in [5.74, 6) is 5.30. The molecule has 0 radical (unpaired) electrons. The summed E-state index contributed by atoms with van der Waals surface area (Å²) in [6.07, 6.45) is -11.2. The zero-order valence-electron chi connectivity index (χ0n) is 62.8. The molecule has 16 rings (SSSR count). The number of hydrogen-bond donors (Lipinski definition) is 15. The third-order valence-electron chi connectivity index (χ3n) is 32.4. The van der Waals surface area contributed by atoms with Crippen molar-refractivity contribution < 1.29 is 133 Å². The fourth-order valence-electron chi connectivity index (χ4n) is 26.4. The lowest BCUT2D eigenvalue weighted by atomic mass is 9.44. The van der Waals surface area contributed by atoms with Crippen LogP contribution in [-0.2, 0) is 56.8 Å². The van der Waals surface area contributed by atoms with Crippen LogP contribution < -0.4 is 0 Å². The molecule has 15 unspecified atom stereocenters.